The van der Waals surface area contributed by atoms with Gasteiger partial charge in [0, 0.05) is 94.9 Å². The van der Waals surface area contributed by atoms with Gasteiger partial charge in [0.1, 0.15) is 0 Å². The van der Waals surface area contributed by atoms with Crippen LogP contribution in [0.25, 0.3) is 11.1 Å². The number of piperazine rings is 2. The van der Waals surface area contributed by atoms with Gasteiger partial charge in [-0.25, -0.2) is 8.42 Å². The van der Waals surface area contributed by atoms with Gasteiger partial charge in [0.2, 0.25) is 5.91 Å². The van der Waals surface area contributed by atoms with Crippen LogP contribution in [-0.4, -0.2) is 120 Å². The second kappa shape index (κ2) is 24.2. The monoisotopic (exact) mass is 920 g/mol. The molecule has 2 N–H and O–H groups in total. The Bertz CT molecular complexity index is 2100. The molecule has 0 aromatic heterocycles. The van der Waals surface area contributed by atoms with E-state index in [-0.39, 0.29) is 11.9 Å². The van der Waals surface area contributed by atoms with E-state index >= 15 is 0 Å². The van der Waals surface area contributed by atoms with Crippen molar-refractivity contribution < 1.29 is 31.2 Å². The van der Waals surface area contributed by atoms with Gasteiger partial charge in [-0.3, -0.25) is 19.4 Å². The summed E-state index contributed by atoms with van der Waals surface area (Å²) in [6, 6.07) is 28.7. The molecule has 0 atom stereocenters. The maximum absolute atomic E-state index is 12.4. The van der Waals surface area contributed by atoms with Crippen LogP contribution in [0.2, 0.25) is 0 Å². The number of alkyl halides is 3. The van der Waals surface area contributed by atoms with Gasteiger partial charge in [-0.05, 0) is 137 Å². The molecule has 2 saturated carbocycles. The van der Waals surface area contributed by atoms with E-state index in [0.29, 0.717) is 49.0 Å². The van der Waals surface area contributed by atoms with Crippen molar-refractivity contribution in [2.45, 2.75) is 107 Å². The van der Waals surface area contributed by atoms with E-state index in [2.05, 4.69) is 90.9 Å². The second-order valence-electron chi connectivity index (χ2n) is 18.4. The first-order valence-electron chi connectivity index (χ1n) is 23.7. The van der Waals surface area contributed by atoms with E-state index in [4.69, 9.17) is 5.26 Å². The van der Waals surface area contributed by atoms with Crippen molar-refractivity contribution >= 4 is 33.0 Å². The van der Waals surface area contributed by atoms with Crippen LogP contribution in [0.4, 0.5) is 24.5 Å². The molecule has 4 fully saturated rings. The van der Waals surface area contributed by atoms with Gasteiger partial charge in [-0.15, -0.1) is 0 Å². The Labute approximate surface area is 384 Å². The molecule has 354 valence electrons. The van der Waals surface area contributed by atoms with E-state index in [0.717, 1.165) is 103 Å². The standard InChI is InChI=1S/C29H38N4O.C21H30F3N3O3S/c30-17-5-4-11-29(34)31-27-14-12-24(13-15-27)16-18-32-19-21-33(22-20-32)28-10-6-9-26(23-28)25-7-2-1-3-8-25;1-31(29,30)19-4-2-3-18(15-19)27-13-11-26(12-14-27)10-9-16-5-7-17(8-6-16)25-20(28)21(22,23)24/h1-3,6-10,23-24,27H,4-5,11-16,18-22H2,(H,31,34);2-4,15-17H,5-14H2,1H3,(H,25,28). The fourth-order valence-electron chi connectivity index (χ4n) is 9.70. The SMILES string of the molecule is CS(=O)(=O)c1cccc(N2CCN(CCC3CCC(NC(=O)C(F)(F)F)CC3)CC2)c1.N#CCCCC(=O)NC1CCC(CCN2CCN(c3cccc(-c4ccccc4)c3)CC2)CC1. The number of rotatable bonds is 15. The third kappa shape index (κ3) is 16.0. The summed E-state index contributed by atoms with van der Waals surface area (Å²) in [5, 5.41) is 13.9. The molecule has 11 nitrogen and oxygen atoms in total. The lowest BCUT2D eigenvalue weighted by Crippen LogP contribution is -2.47. The fraction of sp³-hybridized carbons (Fsp3) is 0.580. The number of hydrogen-bond acceptors (Lipinski definition) is 9. The summed E-state index contributed by atoms with van der Waals surface area (Å²) in [6.07, 6.45) is 7.78. The van der Waals surface area contributed by atoms with E-state index in [9.17, 15) is 31.2 Å². The summed E-state index contributed by atoms with van der Waals surface area (Å²) in [5.74, 6) is -0.461. The maximum atomic E-state index is 12.4. The fourth-order valence-corrected chi connectivity index (χ4v) is 10.4. The van der Waals surface area contributed by atoms with Crippen LogP contribution in [0.3, 0.4) is 0 Å². The predicted molar refractivity (Wildman–Crippen MR) is 251 cm³/mol. The number of carbonyl (C=O) groups excluding carboxylic acids is 2. The minimum absolute atomic E-state index is 0.117. The zero-order chi connectivity index (χ0) is 46.2. The molecule has 3 aromatic rings. The maximum Gasteiger partial charge on any atom is 0.471 e. The van der Waals surface area contributed by atoms with E-state index in [1.165, 1.54) is 48.9 Å². The lowest BCUT2D eigenvalue weighted by atomic mass is 9.84. The Morgan fingerprint density at radius 1 is 0.662 bits per heavy atom. The molecule has 2 amide bonds. The molecule has 3 aromatic carbocycles. The van der Waals surface area contributed by atoms with Gasteiger partial charge >= 0.3 is 12.1 Å². The number of benzene rings is 3. The molecule has 15 heteroatoms. The lowest BCUT2D eigenvalue weighted by molar-refractivity contribution is -0.174. The minimum Gasteiger partial charge on any atom is -0.369 e. The normalized spacial score (nSPS) is 22.3. The van der Waals surface area contributed by atoms with Crippen LogP contribution >= 0.6 is 0 Å². The molecule has 2 saturated heterocycles. The molecular formula is C50H68F3N7O4S. The first kappa shape index (κ1) is 49.8. The highest BCUT2D eigenvalue weighted by Crippen LogP contribution is 2.31. The number of nitrogens with one attached hydrogen (secondary N) is 2. The summed E-state index contributed by atoms with van der Waals surface area (Å²) in [7, 11) is -3.23. The predicted octanol–water partition coefficient (Wildman–Crippen LogP) is 8.07. The van der Waals surface area contributed by atoms with Crippen LogP contribution in [0.5, 0.6) is 0 Å². The molecule has 7 rings (SSSR count). The number of halogens is 3. The van der Waals surface area contributed by atoms with Gasteiger partial charge < -0.3 is 20.4 Å². The van der Waals surface area contributed by atoms with Crippen LogP contribution in [0, 0.1) is 23.2 Å². The van der Waals surface area contributed by atoms with Gasteiger partial charge in [0.25, 0.3) is 0 Å². The van der Waals surface area contributed by atoms with Crippen molar-refractivity contribution in [2.75, 3.05) is 81.5 Å². The topological polar surface area (TPSA) is 129 Å². The number of amides is 2. The Balaban J connectivity index is 0.000000216. The summed E-state index contributed by atoms with van der Waals surface area (Å²) < 4.78 is 60.7. The third-order valence-electron chi connectivity index (χ3n) is 13.7. The number of nitriles is 1. The van der Waals surface area contributed by atoms with Gasteiger partial charge in [-0.1, -0.05) is 48.5 Å². The largest absolute Gasteiger partial charge is 0.471 e. The first-order valence-corrected chi connectivity index (χ1v) is 25.6. The quantitative estimate of drug-likeness (QED) is 0.146. The molecule has 0 spiro atoms. The molecular weight excluding hydrogens is 852 g/mol. The van der Waals surface area contributed by atoms with Crippen molar-refractivity contribution in [3.8, 4) is 17.2 Å². The molecule has 2 heterocycles. The summed E-state index contributed by atoms with van der Waals surface area (Å²) in [6.45, 7) is 9.99. The highest BCUT2D eigenvalue weighted by atomic mass is 32.2. The van der Waals surface area contributed by atoms with E-state index < -0.39 is 21.9 Å². The summed E-state index contributed by atoms with van der Waals surface area (Å²) >= 11 is 0. The van der Waals surface area contributed by atoms with Crippen molar-refractivity contribution in [2.24, 2.45) is 11.8 Å². The summed E-state index contributed by atoms with van der Waals surface area (Å²) in [5.41, 5.74) is 4.81. The van der Waals surface area contributed by atoms with Crippen LogP contribution in [0.1, 0.15) is 83.5 Å². The second-order valence-corrected chi connectivity index (χ2v) is 20.4. The zero-order valence-corrected chi connectivity index (χ0v) is 38.8. The Morgan fingerprint density at radius 2 is 1.15 bits per heavy atom. The number of sulfone groups is 1. The molecule has 2 aliphatic carbocycles. The van der Waals surface area contributed by atoms with Crippen LogP contribution in [0.15, 0.2) is 83.8 Å². The number of unbranched alkanes of at least 4 members (excludes halogenated alkanes) is 1. The highest BCUT2D eigenvalue weighted by Gasteiger charge is 2.40. The zero-order valence-electron chi connectivity index (χ0n) is 38.0. The van der Waals surface area contributed by atoms with Gasteiger partial charge in [0.05, 0.1) is 11.0 Å². The van der Waals surface area contributed by atoms with Crippen molar-refractivity contribution in [1.82, 2.24) is 20.4 Å². The lowest BCUT2D eigenvalue weighted by Gasteiger charge is -2.37. The number of anilines is 2. The Kier molecular flexibility index (Phi) is 18.5. The molecule has 0 bridgehead atoms. The molecule has 0 unspecified atom stereocenters. The third-order valence-corrected chi connectivity index (χ3v) is 14.8. The molecule has 4 aliphatic rings. The van der Waals surface area contributed by atoms with E-state index in [1.54, 1.807) is 18.2 Å². The average molecular weight is 920 g/mol. The van der Waals surface area contributed by atoms with Gasteiger partial charge in [-0.2, -0.15) is 18.4 Å². The highest BCUT2D eigenvalue weighted by molar-refractivity contribution is 7.90. The number of carbonyl (C=O) groups is 2. The van der Waals surface area contributed by atoms with Crippen molar-refractivity contribution in [3.63, 3.8) is 0 Å². The minimum atomic E-state index is -4.81. The number of nitrogens with zero attached hydrogens (tertiary/aromatic N) is 5. The van der Waals surface area contributed by atoms with Crippen molar-refractivity contribution in [3.05, 3.63) is 78.9 Å². The van der Waals surface area contributed by atoms with Crippen LogP contribution in [-0.2, 0) is 19.4 Å². The smallest absolute Gasteiger partial charge is 0.369 e. The van der Waals surface area contributed by atoms with Crippen molar-refractivity contribution in [1.29, 1.82) is 5.26 Å². The Hall–Kier alpha value is -4.65. The van der Waals surface area contributed by atoms with E-state index in [1.807, 2.05) is 6.07 Å². The molecule has 0 radical (unpaired) electrons. The molecule has 2 aliphatic heterocycles. The molecule has 65 heavy (non-hydrogen) atoms. The first-order chi connectivity index (χ1) is 31.2. The summed E-state index contributed by atoms with van der Waals surface area (Å²) in [4.78, 5) is 33.1. The number of hydrogen-bond donors (Lipinski definition) is 2. The average Bonchev–Trinajstić information content (AvgIpc) is 3.31. The Morgan fingerprint density at radius 3 is 1.66 bits per heavy atom. The van der Waals surface area contributed by atoms with Crippen LogP contribution < -0.4 is 20.4 Å². The van der Waals surface area contributed by atoms with Gasteiger partial charge in [0.15, 0.2) is 9.84 Å².